The second-order valence-electron chi connectivity index (χ2n) is 5.91. The van der Waals surface area contributed by atoms with Gasteiger partial charge in [0, 0.05) is 12.2 Å². The van der Waals surface area contributed by atoms with Crippen molar-refractivity contribution in [1.29, 1.82) is 0 Å². The van der Waals surface area contributed by atoms with Crippen LogP contribution in [0.15, 0.2) is 77.7 Å². The number of para-hydroxylation sites is 1. The monoisotopic (exact) mass is 370 g/mol. The van der Waals surface area contributed by atoms with Gasteiger partial charge in [0.2, 0.25) is 10.0 Å². The average Bonchev–Trinajstić information content (AvgIpc) is 2.63. The molecule has 0 aliphatic heterocycles. The van der Waals surface area contributed by atoms with Gasteiger partial charge in [0.05, 0.1) is 4.90 Å². The van der Waals surface area contributed by atoms with Crippen LogP contribution in [0.4, 0.5) is 10.1 Å². The Kier molecular flexibility index (Phi) is 5.35. The predicted molar refractivity (Wildman–Crippen MR) is 102 cm³/mol. The zero-order chi connectivity index (χ0) is 18.6. The molecule has 0 heterocycles. The molecule has 3 aromatic rings. The van der Waals surface area contributed by atoms with Crippen molar-refractivity contribution in [3.63, 3.8) is 0 Å². The molecular weight excluding hydrogens is 351 g/mol. The number of primary sulfonamides is 1. The lowest BCUT2D eigenvalue weighted by Crippen LogP contribution is -2.13. The molecule has 4 nitrogen and oxygen atoms in total. The van der Waals surface area contributed by atoms with Gasteiger partial charge in [-0.2, -0.15) is 0 Å². The molecule has 0 saturated heterocycles. The molecule has 6 heteroatoms. The van der Waals surface area contributed by atoms with E-state index in [1.54, 1.807) is 24.3 Å². The summed E-state index contributed by atoms with van der Waals surface area (Å²) in [6.07, 6.45) is 0.588. The van der Waals surface area contributed by atoms with Gasteiger partial charge in [-0.3, -0.25) is 0 Å². The van der Waals surface area contributed by atoms with E-state index in [9.17, 15) is 12.8 Å². The van der Waals surface area contributed by atoms with Crippen LogP contribution < -0.4 is 10.5 Å². The largest absolute Gasteiger partial charge is 0.385 e. The number of hydrogen-bond acceptors (Lipinski definition) is 3. The molecule has 134 valence electrons. The van der Waals surface area contributed by atoms with E-state index in [1.807, 2.05) is 30.3 Å². The Morgan fingerprint density at radius 2 is 1.62 bits per heavy atom. The van der Waals surface area contributed by atoms with Crippen molar-refractivity contribution in [2.24, 2.45) is 5.14 Å². The van der Waals surface area contributed by atoms with Gasteiger partial charge < -0.3 is 5.32 Å². The summed E-state index contributed by atoms with van der Waals surface area (Å²) in [7, 11) is -3.79. The zero-order valence-corrected chi connectivity index (χ0v) is 14.8. The van der Waals surface area contributed by atoms with Crippen molar-refractivity contribution in [3.05, 3.63) is 84.2 Å². The first kappa shape index (κ1) is 18.1. The van der Waals surface area contributed by atoms with Gasteiger partial charge in [0.15, 0.2) is 0 Å². The van der Waals surface area contributed by atoms with Crippen molar-refractivity contribution >= 4 is 15.7 Å². The number of anilines is 1. The van der Waals surface area contributed by atoms with Crippen LogP contribution in [0, 0.1) is 5.82 Å². The van der Waals surface area contributed by atoms with Crippen LogP contribution in [-0.4, -0.2) is 15.0 Å². The van der Waals surface area contributed by atoms with E-state index in [4.69, 9.17) is 5.14 Å². The molecule has 0 bridgehead atoms. The van der Waals surface area contributed by atoms with Crippen molar-refractivity contribution in [3.8, 4) is 11.1 Å². The molecule has 0 aromatic heterocycles. The van der Waals surface area contributed by atoms with E-state index in [0.717, 1.165) is 22.4 Å². The molecule has 3 rings (SSSR count). The lowest BCUT2D eigenvalue weighted by molar-refractivity contribution is 0.597. The summed E-state index contributed by atoms with van der Waals surface area (Å²) in [5.41, 5.74) is 3.49. The Hall–Kier alpha value is -2.70. The Labute approximate surface area is 152 Å². The summed E-state index contributed by atoms with van der Waals surface area (Å²) in [4.78, 5) is 0.0677. The van der Waals surface area contributed by atoms with E-state index < -0.39 is 10.0 Å². The quantitative estimate of drug-likeness (QED) is 0.693. The van der Waals surface area contributed by atoms with Gasteiger partial charge in [-0.15, -0.1) is 0 Å². The second-order valence-corrected chi connectivity index (χ2v) is 7.48. The topological polar surface area (TPSA) is 72.2 Å². The van der Waals surface area contributed by atoms with E-state index >= 15 is 0 Å². The molecule has 0 aliphatic rings. The number of benzene rings is 3. The van der Waals surface area contributed by atoms with Crippen molar-refractivity contribution < 1.29 is 12.8 Å². The van der Waals surface area contributed by atoms with Crippen LogP contribution in [0.2, 0.25) is 0 Å². The van der Waals surface area contributed by atoms with E-state index in [1.165, 1.54) is 18.2 Å². The highest BCUT2D eigenvalue weighted by Crippen LogP contribution is 2.27. The second kappa shape index (κ2) is 7.68. The molecule has 3 N–H and O–H groups in total. The minimum absolute atomic E-state index is 0.0677. The maximum atomic E-state index is 13.2. The van der Waals surface area contributed by atoms with Crippen LogP contribution in [0.3, 0.4) is 0 Å². The predicted octanol–water partition coefficient (Wildman–Crippen LogP) is 3.79. The Morgan fingerprint density at radius 3 is 2.27 bits per heavy atom. The maximum absolute atomic E-state index is 13.2. The average molecular weight is 370 g/mol. The van der Waals surface area contributed by atoms with Gasteiger partial charge in [0.25, 0.3) is 0 Å². The van der Waals surface area contributed by atoms with E-state index in [2.05, 4.69) is 5.32 Å². The molecule has 0 atom stereocenters. The summed E-state index contributed by atoms with van der Waals surface area (Å²) >= 11 is 0. The van der Waals surface area contributed by atoms with Crippen molar-refractivity contribution in [2.75, 3.05) is 11.9 Å². The molecule has 0 amide bonds. The molecule has 26 heavy (non-hydrogen) atoms. The smallest absolute Gasteiger partial charge is 0.238 e. The summed E-state index contributed by atoms with van der Waals surface area (Å²) in [5.74, 6) is -0.317. The normalized spacial score (nSPS) is 11.3. The number of hydrogen-bond donors (Lipinski definition) is 2. The minimum Gasteiger partial charge on any atom is -0.385 e. The lowest BCUT2D eigenvalue weighted by Gasteiger charge is -2.13. The number of rotatable bonds is 6. The molecule has 0 aliphatic carbocycles. The standard InChI is InChI=1S/C20H19FN2O2S/c21-17-8-6-15(7-9-17)20-11-10-19(26(22,24)25)14-16(20)12-13-23-18-4-2-1-3-5-18/h1-11,14,23H,12-13H2,(H2,22,24,25). The Morgan fingerprint density at radius 1 is 0.923 bits per heavy atom. The molecule has 0 unspecified atom stereocenters. The fourth-order valence-electron chi connectivity index (χ4n) is 2.76. The number of nitrogens with two attached hydrogens (primary N) is 1. The zero-order valence-electron chi connectivity index (χ0n) is 14.0. The lowest BCUT2D eigenvalue weighted by atomic mass is 9.97. The molecular formula is C20H19FN2O2S. The number of nitrogens with one attached hydrogen (secondary N) is 1. The summed E-state index contributed by atoms with van der Waals surface area (Å²) < 4.78 is 36.6. The third-order valence-corrected chi connectivity index (χ3v) is 4.97. The molecule has 0 radical (unpaired) electrons. The van der Waals surface area contributed by atoms with Crippen LogP contribution >= 0.6 is 0 Å². The van der Waals surface area contributed by atoms with Crippen LogP contribution in [0.5, 0.6) is 0 Å². The third kappa shape index (κ3) is 4.47. The highest BCUT2D eigenvalue weighted by molar-refractivity contribution is 7.89. The molecule has 0 spiro atoms. The highest BCUT2D eigenvalue weighted by Gasteiger charge is 2.13. The Bertz CT molecular complexity index is 988. The first-order valence-electron chi connectivity index (χ1n) is 8.14. The Balaban J connectivity index is 1.89. The van der Waals surface area contributed by atoms with Gasteiger partial charge in [-0.25, -0.2) is 17.9 Å². The summed E-state index contributed by atoms with van der Waals surface area (Å²) in [6.45, 7) is 0.617. The van der Waals surface area contributed by atoms with Gasteiger partial charge in [-0.1, -0.05) is 36.4 Å². The van der Waals surface area contributed by atoms with Crippen LogP contribution in [-0.2, 0) is 16.4 Å². The fraction of sp³-hybridized carbons (Fsp3) is 0.100. The van der Waals surface area contributed by atoms with Crippen LogP contribution in [0.1, 0.15) is 5.56 Å². The number of halogens is 1. The maximum Gasteiger partial charge on any atom is 0.238 e. The van der Waals surface area contributed by atoms with E-state index in [0.29, 0.717) is 13.0 Å². The van der Waals surface area contributed by atoms with Gasteiger partial charge in [-0.05, 0) is 59.5 Å². The molecule has 0 fully saturated rings. The third-order valence-electron chi connectivity index (χ3n) is 4.06. The summed E-state index contributed by atoms with van der Waals surface area (Å²) in [6, 6.07) is 20.6. The minimum atomic E-state index is -3.79. The van der Waals surface area contributed by atoms with Gasteiger partial charge in [0.1, 0.15) is 5.82 Å². The molecule has 0 saturated carbocycles. The van der Waals surface area contributed by atoms with Crippen LogP contribution in [0.25, 0.3) is 11.1 Å². The van der Waals surface area contributed by atoms with Crippen molar-refractivity contribution in [2.45, 2.75) is 11.3 Å². The molecule has 3 aromatic carbocycles. The van der Waals surface area contributed by atoms with E-state index in [-0.39, 0.29) is 10.7 Å². The SMILES string of the molecule is NS(=O)(=O)c1ccc(-c2ccc(F)cc2)c(CCNc2ccccc2)c1. The first-order valence-corrected chi connectivity index (χ1v) is 9.69. The number of sulfonamides is 1. The van der Waals surface area contributed by atoms with Crippen molar-refractivity contribution in [1.82, 2.24) is 0 Å². The first-order chi connectivity index (χ1) is 12.4. The van der Waals surface area contributed by atoms with Gasteiger partial charge >= 0.3 is 0 Å². The fourth-order valence-corrected chi connectivity index (χ4v) is 3.33. The highest BCUT2D eigenvalue weighted by atomic mass is 32.2. The summed E-state index contributed by atoms with van der Waals surface area (Å²) in [5, 5.41) is 8.56.